The third-order valence-electron chi connectivity index (χ3n) is 5.67. The summed E-state index contributed by atoms with van der Waals surface area (Å²) in [6.45, 7) is 3.74. The molecule has 2 saturated heterocycles. The Kier molecular flexibility index (Phi) is 5.11. The van der Waals surface area contributed by atoms with Crippen LogP contribution in [-0.2, 0) is 9.53 Å². The summed E-state index contributed by atoms with van der Waals surface area (Å²) in [6.07, 6.45) is 3.70. The second-order valence-corrected chi connectivity index (χ2v) is 7.46. The van der Waals surface area contributed by atoms with Crippen molar-refractivity contribution >= 4 is 11.9 Å². The van der Waals surface area contributed by atoms with E-state index in [0.29, 0.717) is 25.0 Å². The Morgan fingerprint density at radius 2 is 2.07 bits per heavy atom. The molecule has 1 aromatic heterocycles. The zero-order valence-corrected chi connectivity index (χ0v) is 15.8. The molecule has 27 heavy (non-hydrogen) atoms. The lowest BCUT2D eigenvalue weighted by Gasteiger charge is -2.39. The van der Waals surface area contributed by atoms with E-state index in [1.54, 1.807) is 7.11 Å². The molecule has 2 aliphatic rings. The fraction of sp³-hybridized carbons (Fsp3) is 0.550. The second kappa shape index (κ2) is 7.68. The molecular weight excluding hydrogens is 344 g/mol. The molecule has 4 rings (SSSR count). The van der Waals surface area contributed by atoms with Gasteiger partial charge in [0.1, 0.15) is 0 Å². The van der Waals surface area contributed by atoms with Gasteiger partial charge in [0.2, 0.25) is 11.7 Å². The van der Waals surface area contributed by atoms with Gasteiger partial charge in [-0.1, -0.05) is 35.5 Å². The molecule has 7 heteroatoms. The van der Waals surface area contributed by atoms with Gasteiger partial charge in [-0.05, 0) is 25.7 Å². The molecule has 144 valence electrons. The van der Waals surface area contributed by atoms with Gasteiger partial charge < -0.3 is 19.1 Å². The van der Waals surface area contributed by atoms with E-state index in [1.807, 2.05) is 35.2 Å². The van der Waals surface area contributed by atoms with Crippen LogP contribution < -0.4 is 4.90 Å². The number of piperidine rings is 1. The normalized spacial score (nSPS) is 22.8. The lowest BCUT2D eigenvalue weighted by atomic mass is 9.78. The minimum atomic E-state index is -0.313. The van der Waals surface area contributed by atoms with E-state index in [-0.39, 0.29) is 11.3 Å². The third kappa shape index (κ3) is 3.56. The molecule has 2 aromatic rings. The number of aromatic nitrogens is 2. The molecule has 7 nitrogen and oxygen atoms in total. The van der Waals surface area contributed by atoms with Gasteiger partial charge in [-0.3, -0.25) is 4.79 Å². The first-order valence-corrected chi connectivity index (χ1v) is 9.64. The molecule has 0 radical (unpaired) electrons. The van der Waals surface area contributed by atoms with Crippen LogP contribution in [0.15, 0.2) is 34.9 Å². The summed E-state index contributed by atoms with van der Waals surface area (Å²) in [6, 6.07) is 10.3. The minimum Gasteiger partial charge on any atom is -0.385 e. The maximum absolute atomic E-state index is 13.1. The highest BCUT2D eigenvalue weighted by molar-refractivity contribution is 5.85. The number of rotatable bonds is 6. The van der Waals surface area contributed by atoms with Crippen molar-refractivity contribution in [2.75, 3.05) is 44.8 Å². The van der Waals surface area contributed by atoms with Crippen molar-refractivity contribution in [2.24, 2.45) is 5.41 Å². The van der Waals surface area contributed by atoms with Crippen molar-refractivity contribution in [3.63, 3.8) is 0 Å². The van der Waals surface area contributed by atoms with Gasteiger partial charge in [0.15, 0.2) is 0 Å². The summed E-state index contributed by atoms with van der Waals surface area (Å²) >= 11 is 0. The van der Waals surface area contributed by atoms with E-state index in [0.717, 1.165) is 50.9 Å². The van der Waals surface area contributed by atoms with E-state index in [9.17, 15) is 4.79 Å². The van der Waals surface area contributed by atoms with Crippen LogP contribution in [0.25, 0.3) is 11.4 Å². The van der Waals surface area contributed by atoms with Gasteiger partial charge >= 0.3 is 6.01 Å². The summed E-state index contributed by atoms with van der Waals surface area (Å²) in [5.41, 5.74) is 0.617. The maximum Gasteiger partial charge on any atom is 0.324 e. The number of hydrogen-bond donors (Lipinski definition) is 0. The average Bonchev–Trinajstić information content (AvgIpc) is 3.34. The summed E-state index contributed by atoms with van der Waals surface area (Å²) in [4.78, 5) is 21.8. The fourth-order valence-electron chi connectivity index (χ4n) is 4.23. The molecule has 0 aliphatic carbocycles. The number of anilines is 1. The van der Waals surface area contributed by atoms with Crippen LogP contribution in [0.5, 0.6) is 0 Å². The van der Waals surface area contributed by atoms with E-state index >= 15 is 0 Å². The lowest BCUT2D eigenvalue weighted by Crippen LogP contribution is -2.50. The molecule has 1 amide bonds. The summed E-state index contributed by atoms with van der Waals surface area (Å²) in [7, 11) is 1.70. The molecule has 2 aliphatic heterocycles. The molecule has 1 atom stereocenters. The highest BCUT2D eigenvalue weighted by atomic mass is 16.5. The first kappa shape index (κ1) is 18.0. The number of methoxy groups -OCH3 is 1. The molecule has 0 saturated carbocycles. The van der Waals surface area contributed by atoms with Crippen LogP contribution in [0, 0.1) is 5.41 Å². The predicted molar refractivity (Wildman–Crippen MR) is 101 cm³/mol. The molecule has 3 heterocycles. The number of benzene rings is 1. The Bertz CT molecular complexity index is 779. The number of hydrogen-bond acceptors (Lipinski definition) is 6. The van der Waals surface area contributed by atoms with Gasteiger partial charge in [-0.25, -0.2) is 0 Å². The van der Waals surface area contributed by atoms with Crippen molar-refractivity contribution in [1.29, 1.82) is 0 Å². The van der Waals surface area contributed by atoms with Gasteiger partial charge in [-0.2, -0.15) is 4.98 Å². The molecule has 1 aromatic carbocycles. The van der Waals surface area contributed by atoms with Crippen LogP contribution in [0.3, 0.4) is 0 Å². The SMILES string of the molecule is COCCCN1CCCC2(CCN(c3nc(-c4ccccc4)no3)C2)C1=O. The van der Waals surface area contributed by atoms with E-state index in [4.69, 9.17) is 9.26 Å². The van der Waals surface area contributed by atoms with Gasteiger partial charge in [0.05, 0.1) is 5.41 Å². The highest BCUT2D eigenvalue weighted by Gasteiger charge is 2.49. The first-order chi connectivity index (χ1) is 13.2. The Morgan fingerprint density at radius 3 is 2.89 bits per heavy atom. The number of likely N-dealkylation sites (tertiary alicyclic amines) is 1. The smallest absolute Gasteiger partial charge is 0.324 e. The zero-order chi connectivity index (χ0) is 18.7. The summed E-state index contributed by atoms with van der Waals surface area (Å²) in [5, 5.41) is 4.11. The van der Waals surface area contributed by atoms with E-state index < -0.39 is 0 Å². The number of ether oxygens (including phenoxy) is 1. The van der Waals surface area contributed by atoms with Crippen molar-refractivity contribution in [1.82, 2.24) is 15.0 Å². The number of carbonyl (C=O) groups is 1. The van der Waals surface area contributed by atoms with Crippen molar-refractivity contribution in [3.05, 3.63) is 30.3 Å². The molecular formula is C20H26N4O3. The third-order valence-corrected chi connectivity index (χ3v) is 5.67. The van der Waals surface area contributed by atoms with Crippen molar-refractivity contribution in [3.8, 4) is 11.4 Å². The van der Waals surface area contributed by atoms with Gasteiger partial charge in [0.25, 0.3) is 0 Å². The molecule has 0 N–H and O–H groups in total. The zero-order valence-electron chi connectivity index (χ0n) is 15.8. The van der Waals surface area contributed by atoms with Crippen LogP contribution in [0.4, 0.5) is 6.01 Å². The second-order valence-electron chi connectivity index (χ2n) is 7.46. The minimum absolute atomic E-state index is 0.273. The number of amides is 1. The molecule has 2 fully saturated rings. The first-order valence-electron chi connectivity index (χ1n) is 9.64. The van der Waals surface area contributed by atoms with Crippen LogP contribution in [0.2, 0.25) is 0 Å². The Balaban J connectivity index is 1.45. The Labute approximate surface area is 159 Å². The molecule has 0 bridgehead atoms. The van der Waals surface area contributed by atoms with Gasteiger partial charge in [-0.15, -0.1) is 0 Å². The van der Waals surface area contributed by atoms with E-state index in [1.165, 1.54) is 0 Å². The maximum atomic E-state index is 13.1. The molecule has 1 spiro atoms. The number of nitrogens with zero attached hydrogens (tertiary/aromatic N) is 4. The van der Waals surface area contributed by atoms with Crippen LogP contribution in [0.1, 0.15) is 25.7 Å². The Morgan fingerprint density at radius 1 is 1.22 bits per heavy atom. The quantitative estimate of drug-likeness (QED) is 0.728. The Hall–Kier alpha value is -2.41. The fourth-order valence-corrected chi connectivity index (χ4v) is 4.23. The largest absolute Gasteiger partial charge is 0.385 e. The summed E-state index contributed by atoms with van der Waals surface area (Å²) in [5.74, 6) is 0.859. The van der Waals surface area contributed by atoms with Crippen molar-refractivity contribution < 1.29 is 14.1 Å². The topological polar surface area (TPSA) is 71.7 Å². The predicted octanol–water partition coefficient (Wildman–Crippen LogP) is 2.59. The van der Waals surface area contributed by atoms with Gasteiger partial charge in [0, 0.05) is 45.5 Å². The average molecular weight is 370 g/mol. The lowest BCUT2D eigenvalue weighted by molar-refractivity contribution is -0.145. The standard InChI is InChI=1S/C20H26N4O3/c1-26-14-6-12-23-11-5-9-20(18(23)25)10-13-24(15-20)19-21-17(22-27-19)16-7-3-2-4-8-16/h2-4,7-8H,5-6,9-15H2,1H3. The molecule has 1 unspecified atom stereocenters. The monoisotopic (exact) mass is 370 g/mol. The summed E-state index contributed by atoms with van der Waals surface area (Å²) < 4.78 is 10.6. The number of carbonyl (C=O) groups excluding carboxylic acids is 1. The van der Waals surface area contributed by atoms with Crippen LogP contribution in [-0.4, -0.2) is 60.8 Å². The highest BCUT2D eigenvalue weighted by Crippen LogP contribution is 2.41. The van der Waals surface area contributed by atoms with Crippen LogP contribution >= 0.6 is 0 Å². The van der Waals surface area contributed by atoms with Crippen molar-refractivity contribution in [2.45, 2.75) is 25.7 Å². The van der Waals surface area contributed by atoms with E-state index in [2.05, 4.69) is 15.0 Å².